The van der Waals surface area contributed by atoms with Gasteiger partial charge in [-0.05, 0) is 42.0 Å². The molecule has 1 aliphatic heterocycles. The predicted octanol–water partition coefficient (Wildman–Crippen LogP) is 2.42. The molecule has 104 valence electrons. The molecular formula is C16H23NO2. The number of aliphatic hydroxyl groups excluding tert-OH is 1. The van der Waals surface area contributed by atoms with E-state index in [0.717, 1.165) is 37.2 Å². The van der Waals surface area contributed by atoms with Gasteiger partial charge in [-0.1, -0.05) is 19.4 Å². The van der Waals surface area contributed by atoms with Gasteiger partial charge in [0, 0.05) is 18.4 Å². The molecular weight excluding hydrogens is 238 g/mol. The van der Waals surface area contributed by atoms with Crippen molar-refractivity contribution in [3.05, 3.63) is 29.3 Å². The molecule has 0 saturated heterocycles. The Kier molecular flexibility index (Phi) is 3.27. The molecule has 3 nitrogen and oxygen atoms in total. The van der Waals surface area contributed by atoms with Gasteiger partial charge in [-0.3, -0.25) is 0 Å². The first-order valence-corrected chi connectivity index (χ1v) is 7.28. The fourth-order valence-electron chi connectivity index (χ4n) is 3.71. The molecule has 0 amide bonds. The summed E-state index contributed by atoms with van der Waals surface area (Å²) < 4.78 is 5.52. The van der Waals surface area contributed by atoms with Crippen LogP contribution >= 0.6 is 0 Å². The van der Waals surface area contributed by atoms with E-state index in [1.165, 1.54) is 12.0 Å². The van der Waals surface area contributed by atoms with E-state index in [4.69, 9.17) is 10.5 Å². The lowest BCUT2D eigenvalue weighted by Crippen LogP contribution is -2.34. The number of fused-ring (bicyclic) bond motifs is 1. The molecule has 1 heterocycles. The Hall–Kier alpha value is -1.06. The zero-order valence-electron chi connectivity index (χ0n) is 11.6. The summed E-state index contributed by atoms with van der Waals surface area (Å²) in [5, 5.41) is 10.8. The monoisotopic (exact) mass is 261 g/mol. The molecule has 3 rings (SSSR count). The predicted molar refractivity (Wildman–Crippen MR) is 75.1 cm³/mol. The largest absolute Gasteiger partial charge is 0.493 e. The van der Waals surface area contributed by atoms with Crippen LogP contribution in [0.4, 0.5) is 0 Å². The maximum Gasteiger partial charge on any atom is 0.122 e. The van der Waals surface area contributed by atoms with Crippen LogP contribution in [0.3, 0.4) is 0 Å². The molecule has 1 fully saturated rings. The van der Waals surface area contributed by atoms with Gasteiger partial charge in [-0.2, -0.15) is 0 Å². The Bertz CT molecular complexity index is 474. The smallest absolute Gasteiger partial charge is 0.122 e. The average Bonchev–Trinajstić information content (AvgIpc) is 3.03. The third-order valence-corrected chi connectivity index (χ3v) is 4.91. The van der Waals surface area contributed by atoms with Gasteiger partial charge < -0.3 is 15.6 Å². The zero-order chi connectivity index (χ0) is 13.5. The number of ether oxygens (including phenoxy) is 1. The molecule has 1 saturated carbocycles. The highest BCUT2D eigenvalue weighted by Crippen LogP contribution is 2.49. The van der Waals surface area contributed by atoms with E-state index >= 15 is 0 Å². The Morgan fingerprint density at radius 3 is 3.05 bits per heavy atom. The van der Waals surface area contributed by atoms with Crippen molar-refractivity contribution in [3.63, 3.8) is 0 Å². The first kappa shape index (κ1) is 12.9. The summed E-state index contributed by atoms with van der Waals surface area (Å²) in [4.78, 5) is 0. The Morgan fingerprint density at radius 2 is 2.37 bits per heavy atom. The standard InChI is InChI=1S/C16H23NO2/c1-11-4-6-16(9-11,10-17)15(18)13-2-3-14-12(8-13)5-7-19-14/h2-3,8,11,15,18H,4-7,9-10,17H2,1H3. The number of hydrogen-bond donors (Lipinski definition) is 2. The van der Waals surface area contributed by atoms with Crippen LogP contribution in [0.1, 0.15) is 43.4 Å². The SMILES string of the molecule is CC1CCC(CN)(C(O)c2ccc3c(c2)CCO3)C1. The lowest BCUT2D eigenvalue weighted by molar-refractivity contribution is 0.0307. The molecule has 3 heteroatoms. The Morgan fingerprint density at radius 1 is 1.53 bits per heavy atom. The summed E-state index contributed by atoms with van der Waals surface area (Å²) in [5.74, 6) is 1.63. The van der Waals surface area contributed by atoms with Crippen molar-refractivity contribution in [2.24, 2.45) is 17.1 Å². The van der Waals surface area contributed by atoms with E-state index in [1.807, 2.05) is 12.1 Å². The minimum absolute atomic E-state index is 0.132. The van der Waals surface area contributed by atoms with Crippen molar-refractivity contribution in [2.75, 3.05) is 13.2 Å². The van der Waals surface area contributed by atoms with Crippen molar-refractivity contribution in [1.82, 2.24) is 0 Å². The zero-order valence-corrected chi connectivity index (χ0v) is 11.6. The second-order valence-electron chi connectivity index (χ2n) is 6.28. The summed E-state index contributed by atoms with van der Waals surface area (Å²) in [6.07, 6.45) is 3.72. The normalized spacial score (nSPS) is 31.0. The maximum absolute atomic E-state index is 10.8. The minimum Gasteiger partial charge on any atom is -0.493 e. The fourth-order valence-corrected chi connectivity index (χ4v) is 3.71. The van der Waals surface area contributed by atoms with Gasteiger partial charge in [0.15, 0.2) is 0 Å². The van der Waals surface area contributed by atoms with Crippen LogP contribution in [0.5, 0.6) is 5.75 Å². The summed E-state index contributed by atoms with van der Waals surface area (Å²) in [6.45, 7) is 3.57. The first-order chi connectivity index (χ1) is 9.14. The van der Waals surface area contributed by atoms with E-state index in [9.17, 15) is 5.11 Å². The molecule has 3 atom stereocenters. The fraction of sp³-hybridized carbons (Fsp3) is 0.625. The number of benzene rings is 1. The average molecular weight is 261 g/mol. The quantitative estimate of drug-likeness (QED) is 0.878. The third-order valence-electron chi connectivity index (χ3n) is 4.91. The van der Waals surface area contributed by atoms with Crippen LogP contribution < -0.4 is 10.5 Å². The van der Waals surface area contributed by atoms with E-state index in [-0.39, 0.29) is 5.41 Å². The van der Waals surface area contributed by atoms with Crippen molar-refractivity contribution >= 4 is 0 Å². The van der Waals surface area contributed by atoms with E-state index < -0.39 is 6.10 Å². The Balaban J connectivity index is 1.88. The molecule has 0 spiro atoms. The third kappa shape index (κ3) is 2.15. The summed E-state index contributed by atoms with van der Waals surface area (Å²) in [5.41, 5.74) is 8.09. The highest BCUT2D eigenvalue weighted by molar-refractivity contribution is 5.41. The van der Waals surface area contributed by atoms with Gasteiger partial charge in [-0.15, -0.1) is 0 Å². The van der Waals surface area contributed by atoms with Crippen LogP contribution in [0.15, 0.2) is 18.2 Å². The maximum atomic E-state index is 10.8. The van der Waals surface area contributed by atoms with Crippen molar-refractivity contribution in [3.8, 4) is 5.75 Å². The van der Waals surface area contributed by atoms with E-state index in [1.54, 1.807) is 0 Å². The molecule has 0 bridgehead atoms. The Labute approximate surface area is 114 Å². The summed E-state index contributed by atoms with van der Waals surface area (Å²) in [6, 6.07) is 6.09. The van der Waals surface area contributed by atoms with Gasteiger partial charge in [0.2, 0.25) is 0 Å². The number of aliphatic hydroxyl groups is 1. The number of rotatable bonds is 3. The van der Waals surface area contributed by atoms with Crippen LogP contribution in [0.2, 0.25) is 0 Å². The molecule has 3 unspecified atom stereocenters. The second-order valence-corrected chi connectivity index (χ2v) is 6.28. The molecule has 3 N–H and O–H groups in total. The van der Waals surface area contributed by atoms with Crippen LogP contribution in [0.25, 0.3) is 0 Å². The van der Waals surface area contributed by atoms with Gasteiger partial charge in [0.25, 0.3) is 0 Å². The second kappa shape index (κ2) is 4.80. The molecule has 1 aromatic carbocycles. The van der Waals surface area contributed by atoms with Gasteiger partial charge in [0.05, 0.1) is 12.7 Å². The summed E-state index contributed by atoms with van der Waals surface area (Å²) >= 11 is 0. The number of hydrogen-bond acceptors (Lipinski definition) is 3. The van der Waals surface area contributed by atoms with E-state index in [2.05, 4.69) is 13.0 Å². The van der Waals surface area contributed by atoms with Gasteiger partial charge >= 0.3 is 0 Å². The number of nitrogens with two attached hydrogens (primary N) is 1. The van der Waals surface area contributed by atoms with Crippen LogP contribution in [-0.2, 0) is 6.42 Å². The molecule has 1 aliphatic carbocycles. The van der Waals surface area contributed by atoms with Gasteiger partial charge in [-0.25, -0.2) is 0 Å². The van der Waals surface area contributed by atoms with Crippen molar-refractivity contribution in [1.29, 1.82) is 0 Å². The molecule has 2 aliphatic rings. The van der Waals surface area contributed by atoms with Crippen molar-refractivity contribution in [2.45, 2.75) is 38.7 Å². The first-order valence-electron chi connectivity index (χ1n) is 7.28. The van der Waals surface area contributed by atoms with E-state index in [0.29, 0.717) is 12.5 Å². The van der Waals surface area contributed by atoms with Gasteiger partial charge in [0.1, 0.15) is 5.75 Å². The molecule has 0 aromatic heterocycles. The van der Waals surface area contributed by atoms with Crippen LogP contribution in [0, 0.1) is 11.3 Å². The van der Waals surface area contributed by atoms with Crippen molar-refractivity contribution < 1.29 is 9.84 Å². The summed E-state index contributed by atoms with van der Waals surface area (Å²) in [7, 11) is 0. The lowest BCUT2D eigenvalue weighted by Gasteiger charge is -2.33. The molecule has 1 aromatic rings. The molecule has 0 radical (unpaired) electrons. The molecule has 19 heavy (non-hydrogen) atoms. The highest BCUT2D eigenvalue weighted by Gasteiger charge is 2.43. The topological polar surface area (TPSA) is 55.5 Å². The van der Waals surface area contributed by atoms with Crippen LogP contribution in [-0.4, -0.2) is 18.3 Å². The lowest BCUT2D eigenvalue weighted by atomic mass is 9.76. The minimum atomic E-state index is -0.451. The highest BCUT2D eigenvalue weighted by atomic mass is 16.5.